The van der Waals surface area contributed by atoms with Crippen molar-refractivity contribution in [2.24, 2.45) is 0 Å². The summed E-state index contributed by atoms with van der Waals surface area (Å²) >= 11 is 1.68. The van der Waals surface area contributed by atoms with Crippen LogP contribution in [0.25, 0.3) is 0 Å². The Morgan fingerprint density at radius 3 is 2.78 bits per heavy atom. The van der Waals surface area contributed by atoms with E-state index in [9.17, 15) is 8.42 Å². The molecule has 0 amide bonds. The molecule has 18 heavy (non-hydrogen) atoms. The molecule has 0 atom stereocenters. The SMILES string of the molecule is COc1ccc(N)cc1S(=O)(=O)NCCCSC. The van der Waals surface area contributed by atoms with E-state index in [0.717, 1.165) is 12.2 Å². The zero-order chi connectivity index (χ0) is 13.6. The molecule has 0 aliphatic carbocycles. The fourth-order valence-electron chi connectivity index (χ4n) is 1.40. The number of methoxy groups -OCH3 is 1. The summed E-state index contributed by atoms with van der Waals surface area (Å²) in [6.07, 6.45) is 2.76. The Balaban J connectivity index is 2.87. The summed E-state index contributed by atoms with van der Waals surface area (Å²) in [7, 11) is -2.14. The number of ether oxygens (including phenoxy) is 1. The quantitative estimate of drug-likeness (QED) is 0.584. The normalized spacial score (nSPS) is 11.4. The number of nitrogens with one attached hydrogen (secondary N) is 1. The Hall–Kier alpha value is -0.920. The van der Waals surface area contributed by atoms with Gasteiger partial charge in [0.05, 0.1) is 7.11 Å². The summed E-state index contributed by atoms with van der Waals surface area (Å²) in [5.41, 5.74) is 5.99. The van der Waals surface area contributed by atoms with Crippen molar-refractivity contribution in [3.05, 3.63) is 18.2 Å². The molecule has 0 bridgehead atoms. The Labute approximate surface area is 112 Å². The Morgan fingerprint density at radius 1 is 1.44 bits per heavy atom. The van der Waals surface area contributed by atoms with Crippen molar-refractivity contribution in [1.29, 1.82) is 0 Å². The molecule has 1 aromatic rings. The lowest BCUT2D eigenvalue weighted by Gasteiger charge is -2.11. The first-order valence-electron chi connectivity index (χ1n) is 5.43. The highest BCUT2D eigenvalue weighted by Gasteiger charge is 2.19. The molecule has 0 aromatic heterocycles. The van der Waals surface area contributed by atoms with Crippen LogP contribution in [-0.4, -0.2) is 34.1 Å². The average molecular weight is 290 g/mol. The van der Waals surface area contributed by atoms with Gasteiger partial charge in [-0.3, -0.25) is 0 Å². The van der Waals surface area contributed by atoms with Gasteiger partial charge in [0.25, 0.3) is 0 Å². The molecular weight excluding hydrogens is 272 g/mol. The third-order valence-corrected chi connectivity index (χ3v) is 4.47. The Kier molecular flexibility index (Phi) is 5.77. The van der Waals surface area contributed by atoms with Gasteiger partial charge in [0.1, 0.15) is 10.6 Å². The number of nitrogen functional groups attached to an aromatic ring is 1. The first kappa shape index (κ1) is 15.1. The van der Waals surface area contributed by atoms with Gasteiger partial charge in [-0.1, -0.05) is 0 Å². The predicted octanol–water partition coefficient (Wildman–Crippen LogP) is 1.31. The third-order valence-electron chi connectivity index (χ3n) is 2.29. The van der Waals surface area contributed by atoms with Crippen LogP contribution >= 0.6 is 11.8 Å². The van der Waals surface area contributed by atoms with E-state index >= 15 is 0 Å². The highest BCUT2D eigenvalue weighted by Crippen LogP contribution is 2.25. The van der Waals surface area contributed by atoms with Crippen LogP contribution < -0.4 is 15.2 Å². The van der Waals surface area contributed by atoms with Gasteiger partial charge in [-0.25, -0.2) is 13.1 Å². The number of benzene rings is 1. The minimum atomic E-state index is -3.57. The van der Waals surface area contributed by atoms with E-state index in [2.05, 4.69) is 4.72 Å². The molecule has 5 nitrogen and oxygen atoms in total. The summed E-state index contributed by atoms with van der Waals surface area (Å²) in [5.74, 6) is 1.21. The first-order valence-corrected chi connectivity index (χ1v) is 8.31. The molecule has 7 heteroatoms. The molecule has 0 aliphatic rings. The van der Waals surface area contributed by atoms with Crippen molar-refractivity contribution in [1.82, 2.24) is 4.72 Å². The number of hydrogen-bond donors (Lipinski definition) is 2. The summed E-state index contributed by atoms with van der Waals surface area (Å²) in [5, 5.41) is 0. The van der Waals surface area contributed by atoms with Gasteiger partial charge in [0, 0.05) is 12.2 Å². The van der Waals surface area contributed by atoms with Crippen molar-refractivity contribution < 1.29 is 13.2 Å². The number of thioether (sulfide) groups is 1. The summed E-state index contributed by atoms with van der Waals surface area (Å²) in [6.45, 7) is 0.404. The van der Waals surface area contributed by atoms with E-state index in [-0.39, 0.29) is 4.90 Å². The fraction of sp³-hybridized carbons (Fsp3) is 0.455. The maximum atomic E-state index is 12.1. The van der Waals surface area contributed by atoms with Gasteiger partial charge in [0.2, 0.25) is 10.0 Å². The minimum absolute atomic E-state index is 0.0779. The van der Waals surface area contributed by atoms with Crippen LogP contribution in [0.3, 0.4) is 0 Å². The second-order valence-corrected chi connectivity index (χ2v) is 6.38. The lowest BCUT2D eigenvalue weighted by atomic mass is 10.3. The minimum Gasteiger partial charge on any atom is -0.495 e. The van der Waals surface area contributed by atoms with Crippen LogP contribution in [0.15, 0.2) is 23.1 Å². The van der Waals surface area contributed by atoms with Crippen molar-refractivity contribution in [3.63, 3.8) is 0 Å². The molecule has 0 radical (unpaired) electrons. The molecule has 1 aromatic carbocycles. The lowest BCUT2D eigenvalue weighted by Crippen LogP contribution is -2.25. The van der Waals surface area contributed by atoms with Gasteiger partial charge in [-0.15, -0.1) is 0 Å². The molecule has 0 aliphatic heterocycles. The molecule has 3 N–H and O–H groups in total. The smallest absolute Gasteiger partial charge is 0.244 e. The number of sulfonamides is 1. The molecule has 0 saturated carbocycles. The van der Waals surface area contributed by atoms with E-state index in [1.807, 2.05) is 6.26 Å². The van der Waals surface area contributed by atoms with Crippen molar-refractivity contribution in [2.75, 3.05) is 31.4 Å². The molecule has 102 valence electrons. The highest BCUT2D eigenvalue weighted by atomic mass is 32.2. The number of rotatable bonds is 7. The van der Waals surface area contributed by atoms with Crippen LogP contribution in [0.1, 0.15) is 6.42 Å². The Bertz CT molecular complexity index is 489. The summed E-state index contributed by atoms with van der Waals surface area (Å²) in [4.78, 5) is 0.0779. The first-order chi connectivity index (χ1) is 8.51. The topological polar surface area (TPSA) is 81.4 Å². The number of anilines is 1. The monoisotopic (exact) mass is 290 g/mol. The lowest BCUT2D eigenvalue weighted by molar-refractivity contribution is 0.402. The molecule has 0 fully saturated rings. The van der Waals surface area contributed by atoms with Crippen molar-refractivity contribution in [3.8, 4) is 5.75 Å². The van der Waals surface area contributed by atoms with Gasteiger partial charge in [0.15, 0.2) is 0 Å². The molecule has 1 rings (SSSR count). The van der Waals surface area contributed by atoms with Crippen LogP contribution in [0, 0.1) is 0 Å². The Morgan fingerprint density at radius 2 is 2.17 bits per heavy atom. The second kappa shape index (κ2) is 6.86. The number of hydrogen-bond acceptors (Lipinski definition) is 5. The standard InChI is InChI=1S/C11H18N2O3S2/c1-16-10-5-4-9(12)8-11(10)18(14,15)13-6-3-7-17-2/h4-5,8,13H,3,6-7,12H2,1-2H3. The van der Waals surface area contributed by atoms with Crippen LogP contribution in [-0.2, 0) is 10.0 Å². The molecule has 0 unspecified atom stereocenters. The largest absolute Gasteiger partial charge is 0.495 e. The van der Waals surface area contributed by atoms with E-state index in [0.29, 0.717) is 18.0 Å². The van der Waals surface area contributed by atoms with Crippen LogP contribution in [0.4, 0.5) is 5.69 Å². The second-order valence-electron chi connectivity index (χ2n) is 3.65. The van der Waals surface area contributed by atoms with Crippen molar-refractivity contribution in [2.45, 2.75) is 11.3 Å². The molecular formula is C11H18N2O3S2. The van der Waals surface area contributed by atoms with E-state index in [4.69, 9.17) is 10.5 Å². The van der Waals surface area contributed by atoms with Gasteiger partial charge >= 0.3 is 0 Å². The van der Waals surface area contributed by atoms with E-state index < -0.39 is 10.0 Å². The third kappa shape index (κ3) is 4.08. The van der Waals surface area contributed by atoms with E-state index in [1.54, 1.807) is 23.9 Å². The maximum absolute atomic E-state index is 12.1. The molecule has 0 saturated heterocycles. The average Bonchev–Trinajstić information content (AvgIpc) is 2.35. The van der Waals surface area contributed by atoms with Gasteiger partial charge in [-0.05, 0) is 36.6 Å². The summed E-state index contributed by atoms with van der Waals surface area (Å²) < 4.78 is 31.7. The van der Waals surface area contributed by atoms with Crippen molar-refractivity contribution >= 4 is 27.5 Å². The highest BCUT2D eigenvalue weighted by molar-refractivity contribution is 7.98. The number of nitrogens with two attached hydrogens (primary N) is 1. The summed E-state index contributed by atoms with van der Waals surface area (Å²) in [6, 6.07) is 4.55. The molecule has 0 spiro atoms. The molecule has 0 heterocycles. The maximum Gasteiger partial charge on any atom is 0.244 e. The fourth-order valence-corrected chi connectivity index (χ4v) is 3.11. The zero-order valence-electron chi connectivity index (χ0n) is 10.5. The predicted molar refractivity (Wildman–Crippen MR) is 75.6 cm³/mol. The van der Waals surface area contributed by atoms with Crippen LogP contribution in [0.2, 0.25) is 0 Å². The van der Waals surface area contributed by atoms with E-state index in [1.165, 1.54) is 13.2 Å². The zero-order valence-corrected chi connectivity index (χ0v) is 12.1. The van der Waals surface area contributed by atoms with Gasteiger partial charge < -0.3 is 10.5 Å². The van der Waals surface area contributed by atoms with Gasteiger partial charge in [-0.2, -0.15) is 11.8 Å². The van der Waals surface area contributed by atoms with Crippen LogP contribution in [0.5, 0.6) is 5.75 Å².